The van der Waals surface area contributed by atoms with Crippen molar-refractivity contribution in [2.24, 2.45) is 5.50 Å². The molecule has 0 unspecified atom stereocenters. The number of rotatable bonds is 0. The molecular formula is H4MnNO3P. The molecule has 0 aromatic carbocycles. The van der Waals surface area contributed by atoms with Crippen LogP contribution >= 0.6 is 7.75 Å². The molecule has 0 amide bonds. The van der Waals surface area contributed by atoms with Crippen molar-refractivity contribution in [2.75, 3.05) is 0 Å². The molecule has 0 aromatic heterocycles. The maximum absolute atomic E-state index is 9.10. The monoisotopic (exact) mass is 152 g/mol. The van der Waals surface area contributed by atoms with Crippen LogP contribution in [0, 0.1) is 0 Å². The Labute approximate surface area is 45.4 Å². The van der Waals surface area contributed by atoms with E-state index in [1.165, 1.54) is 0 Å². The minimum atomic E-state index is -4.14. The third-order valence-electron chi connectivity index (χ3n) is 0. The van der Waals surface area contributed by atoms with Gasteiger partial charge in [-0.15, -0.1) is 0 Å². The molecule has 0 spiro atoms. The van der Waals surface area contributed by atoms with Crippen molar-refractivity contribution in [3.63, 3.8) is 0 Å². The van der Waals surface area contributed by atoms with E-state index in [9.17, 15) is 0 Å². The van der Waals surface area contributed by atoms with Gasteiger partial charge in [-0.25, -0.2) is 10.1 Å². The molecule has 6 heavy (non-hydrogen) atoms. The van der Waals surface area contributed by atoms with Crippen molar-refractivity contribution in [2.45, 2.75) is 0 Å². The summed E-state index contributed by atoms with van der Waals surface area (Å²) in [5.41, 5.74) is 4.02. The van der Waals surface area contributed by atoms with Crippen LogP contribution in [0.15, 0.2) is 0 Å². The third-order valence-corrected chi connectivity index (χ3v) is 0. The Balaban J connectivity index is 0. The number of hydrogen-bond acceptors (Lipinski definition) is 1. The fourth-order valence-electron chi connectivity index (χ4n) is 0. The van der Waals surface area contributed by atoms with Crippen LogP contribution in [0.5, 0.6) is 0 Å². The first-order valence-corrected chi connectivity index (χ1v) is 2.52. The van der Waals surface area contributed by atoms with Crippen molar-refractivity contribution in [1.29, 1.82) is 0 Å². The molecular weight excluding hydrogens is 148 g/mol. The zero-order chi connectivity index (χ0) is 4.50. The second kappa shape index (κ2) is 2.75. The molecule has 0 fully saturated rings. The van der Waals surface area contributed by atoms with E-state index in [1.54, 1.807) is 0 Å². The van der Waals surface area contributed by atoms with Crippen LogP contribution in [0.4, 0.5) is 0 Å². The summed E-state index contributed by atoms with van der Waals surface area (Å²) in [5, 5.41) is 0. The molecule has 0 aromatic rings. The van der Waals surface area contributed by atoms with Crippen molar-refractivity contribution in [1.82, 2.24) is 0 Å². The Bertz CT molecular complexity index is 56.9. The standard InChI is InChI=1S/Mn.H4NO3P/c;1-5(2,3)4/h;(H4,1,2,3,4). The smallest absolute Gasteiger partial charge is 0.313 e. The number of hydrogen-bond donors (Lipinski definition) is 3. The predicted octanol–water partition coefficient (Wildman–Crippen LogP) is -0.965. The van der Waals surface area contributed by atoms with E-state index < -0.39 is 7.75 Å². The summed E-state index contributed by atoms with van der Waals surface area (Å²) in [5.74, 6) is 0. The van der Waals surface area contributed by atoms with Gasteiger partial charge >= 0.3 is 7.75 Å². The Morgan fingerprint density at radius 1 is 1.50 bits per heavy atom. The number of nitrogens with two attached hydrogens (primary N) is 1. The Morgan fingerprint density at radius 2 is 1.50 bits per heavy atom. The van der Waals surface area contributed by atoms with E-state index in [4.69, 9.17) is 14.4 Å². The van der Waals surface area contributed by atoms with Gasteiger partial charge in [-0.05, 0) is 0 Å². The molecule has 0 aliphatic heterocycles. The molecule has 39 valence electrons. The first-order valence-electron chi connectivity index (χ1n) is 0.841. The Kier molecular flexibility index (Phi) is 4.49. The van der Waals surface area contributed by atoms with Gasteiger partial charge in [-0.2, -0.15) is 0 Å². The molecule has 0 atom stereocenters. The summed E-state index contributed by atoms with van der Waals surface area (Å²) in [7, 11) is -4.14. The fourth-order valence-corrected chi connectivity index (χ4v) is 0. The van der Waals surface area contributed by atoms with Gasteiger partial charge < -0.3 is 9.79 Å². The van der Waals surface area contributed by atoms with Crippen molar-refractivity contribution >= 4 is 7.75 Å². The van der Waals surface area contributed by atoms with E-state index in [0.717, 1.165) is 0 Å². The fraction of sp³-hybridized carbons (Fsp3) is 0. The average Bonchev–Trinajstić information content (AvgIpc) is 0.722. The third kappa shape index (κ3) is 154. The van der Waals surface area contributed by atoms with Crippen LogP contribution < -0.4 is 5.50 Å². The Morgan fingerprint density at radius 3 is 1.50 bits per heavy atom. The largest absolute Gasteiger partial charge is 0.397 e. The first-order chi connectivity index (χ1) is 2.00. The van der Waals surface area contributed by atoms with E-state index in [-0.39, 0.29) is 17.1 Å². The van der Waals surface area contributed by atoms with Gasteiger partial charge in [0.25, 0.3) is 0 Å². The molecule has 0 aliphatic carbocycles. The van der Waals surface area contributed by atoms with Gasteiger partial charge in [0, 0.05) is 17.1 Å². The Hall–Kier alpha value is 0.629. The molecule has 6 heteroatoms. The molecule has 4 nitrogen and oxygen atoms in total. The minimum Gasteiger partial charge on any atom is -0.313 e. The van der Waals surface area contributed by atoms with Gasteiger partial charge in [0.2, 0.25) is 0 Å². The van der Waals surface area contributed by atoms with Crippen LogP contribution in [0.2, 0.25) is 0 Å². The van der Waals surface area contributed by atoms with Crippen molar-refractivity contribution in [3.8, 4) is 0 Å². The SMILES string of the molecule is NP(=O)(O)O.[Mn]. The van der Waals surface area contributed by atoms with Crippen LogP contribution in [-0.4, -0.2) is 9.79 Å². The van der Waals surface area contributed by atoms with Crippen LogP contribution in [0.3, 0.4) is 0 Å². The van der Waals surface area contributed by atoms with Gasteiger partial charge in [-0.3, -0.25) is 0 Å². The van der Waals surface area contributed by atoms with E-state index in [0.29, 0.717) is 0 Å². The topological polar surface area (TPSA) is 83.6 Å². The minimum absolute atomic E-state index is 0. The quantitative estimate of drug-likeness (QED) is 0.308. The maximum Gasteiger partial charge on any atom is 0.397 e. The molecule has 0 heterocycles. The molecule has 4 N–H and O–H groups in total. The predicted molar refractivity (Wildman–Crippen MR) is 16.2 cm³/mol. The summed E-state index contributed by atoms with van der Waals surface area (Å²) in [6, 6.07) is 0. The molecule has 0 saturated heterocycles. The first kappa shape index (κ1) is 9.80. The van der Waals surface area contributed by atoms with Gasteiger partial charge in [0.15, 0.2) is 0 Å². The summed E-state index contributed by atoms with van der Waals surface area (Å²) in [6.07, 6.45) is 0. The average molecular weight is 152 g/mol. The van der Waals surface area contributed by atoms with Crippen molar-refractivity contribution < 1.29 is 31.4 Å². The van der Waals surface area contributed by atoms with Gasteiger partial charge in [0.05, 0.1) is 0 Å². The normalized spacial score (nSPS) is 9.83. The zero-order valence-electron chi connectivity index (χ0n) is 2.71. The van der Waals surface area contributed by atoms with Gasteiger partial charge in [-0.1, -0.05) is 0 Å². The molecule has 0 bridgehead atoms. The van der Waals surface area contributed by atoms with Crippen LogP contribution in [0.1, 0.15) is 0 Å². The van der Waals surface area contributed by atoms with E-state index in [2.05, 4.69) is 5.50 Å². The molecule has 0 saturated carbocycles. The second-order valence-electron chi connectivity index (χ2n) is 0.589. The summed E-state index contributed by atoms with van der Waals surface area (Å²) in [6.45, 7) is 0. The summed E-state index contributed by atoms with van der Waals surface area (Å²) >= 11 is 0. The van der Waals surface area contributed by atoms with Gasteiger partial charge in [0.1, 0.15) is 0 Å². The van der Waals surface area contributed by atoms with Crippen LogP contribution in [0.25, 0.3) is 0 Å². The van der Waals surface area contributed by atoms with Crippen LogP contribution in [-0.2, 0) is 21.6 Å². The maximum atomic E-state index is 9.10. The van der Waals surface area contributed by atoms with E-state index >= 15 is 0 Å². The molecule has 1 radical (unpaired) electrons. The molecule has 0 rings (SSSR count). The zero-order valence-corrected chi connectivity index (χ0v) is 4.78. The summed E-state index contributed by atoms with van der Waals surface area (Å²) < 4.78 is 9.10. The second-order valence-corrected chi connectivity index (χ2v) is 1.77. The van der Waals surface area contributed by atoms with E-state index in [1.807, 2.05) is 0 Å². The molecule has 0 aliphatic rings. The van der Waals surface area contributed by atoms with Crippen molar-refractivity contribution in [3.05, 3.63) is 0 Å². The summed E-state index contributed by atoms with van der Waals surface area (Å²) in [4.78, 5) is 14.8.